The lowest BCUT2D eigenvalue weighted by atomic mass is 10.2. The summed E-state index contributed by atoms with van der Waals surface area (Å²) in [5, 5.41) is 20.3. The monoisotopic (exact) mass is 411 g/mol. The van der Waals surface area contributed by atoms with Crippen LogP contribution in [0.25, 0.3) is 0 Å². The lowest BCUT2D eigenvalue weighted by Gasteiger charge is -2.33. The van der Waals surface area contributed by atoms with Crippen LogP contribution in [-0.2, 0) is 13.1 Å². The van der Waals surface area contributed by atoms with E-state index in [2.05, 4.69) is 0 Å². The Morgan fingerprint density at radius 3 is 2.41 bits per heavy atom. The van der Waals surface area contributed by atoms with E-state index in [4.69, 9.17) is 28.3 Å². The van der Waals surface area contributed by atoms with Crippen LogP contribution in [0.2, 0.25) is 10.0 Å². The molecule has 1 amide bonds. The number of hydrogen-bond donors (Lipinski definition) is 2. The van der Waals surface area contributed by atoms with E-state index in [1.54, 1.807) is 30.5 Å². The van der Waals surface area contributed by atoms with Crippen molar-refractivity contribution in [3.05, 3.63) is 62.0 Å². The third kappa shape index (κ3) is 4.55. The number of nitrogens with zero attached hydrogens (tertiary/aromatic N) is 3. The molecule has 1 aliphatic rings. The zero-order valence-electron chi connectivity index (χ0n) is 14.4. The molecule has 0 radical (unpaired) electrons. The normalized spacial score (nSPS) is 15.1. The Morgan fingerprint density at radius 1 is 1.04 bits per heavy atom. The first-order chi connectivity index (χ1) is 12.8. The molecule has 144 valence electrons. The van der Waals surface area contributed by atoms with Crippen LogP contribution >= 0.6 is 23.2 Å². The van der Waals surface area contributed by atoms with E-state index in [1.165, 1.54) is 9.47 Å². The maximum Gasteiger partial charge on any atom is 0.407 e. The van der Waals surface area contributed by atoms with Crippen molar-refractivity contribution in [3.8, 4) is 5.75 Å². The lowest BCUT2D eigenvalue weighted by molar-refractivity contribution is 0.102. The summed E-state index contributed by atoms with van der Waals surface area (Å²) in [7, 11) is 0. The quantitative estimate of drug-likeness (QED) is 0.807. The average molecular weight is 412 g/mol. The molecule has 0 atom stereocenters. The summed E-state index contributed by atoms with van der Waals surface area (Å²) in [6, 6.07) is 6.71. The van der Waals surface area contributed by atoms with E-state index in [0.717, 1.165) is 0 Å². The van der Waals surface area contributed by atoms with E-state index >= 15 is 0 Å². The zero-order chi connectivity index (χ0) is 19.6. The van der Waals surface area contributed by atoms with Crippen LogP contribution in [0.15, 0.2) is 35.3 Å². The van der Waals surface area contributed by atoms with Crippen molar-refractivity contribution < 1.29 is 15.0 Å². The molecular weight excluding hydrogens is 393 g/mol. The van der Waals surface area contributed by atoms with Gasteiger partial charge in [0.2, 0.25) is 0 Å². The molecule has 1 saturated heterocycles. The molecule has 27 heavy (non-hydrogen) atoms. The Bertz CT molecular complexity index is 908. The van der Waals surface area contributed by atoms with Gasteiger partial charge in [0, 0.05) is 54.5 Å². The molecule has 1 aromatic heterocycles. The second kappa shape index (κ2) is 8.21. The molecule has 0 saturated carbocycles. The predicted octanol–water partition coefficient (Wildman–Crippen LogP) is 2.70. The Labute approximate surface area is 166 Å². The van der Waals surface area contributed by atoms with Gasteiger partial charge in [-0.2, -0.15) is 0 Å². The van der Waals surface area contributed by atoms with Crippen molar-refractivity contribution in [2.24, 2.45) is 0 Å². The van der Waals surface area contributed by atoms with Gasteiger partial charge in [0.15, 0.2) is 5.75 Å². The van der Waals surface area contributed by atoms with E-state index < -0.39 is 11.7 Å². The van der Waals surface area contributed by atoms with Crippen LogP contribution in [0.4, 0.5) is 4.79 Å². The second-order valence-corrected chi connectivity index (χ2v) is 7.25. The first-order valence-corrected chi connectivity index (χ1v) is 9.16. The van der Waals surface area contributed by atoms with Crippen LogP contribution in [0.5, 0.6) is 5.75 Å². The molecule has 2 heterocycles. The summed E-state index contributed by atoms with van der Waals surface area (Å²) in [4.78, 5) is 26.8. The number of carbonyl (C=O) groups is 1. The van der Waals surface area contributed by atoms with E-state index in [-0.39, 0.29) is 12.3 Å². The van der Waals surface area contributed by atoms with Gasteiger partial charge in [-0.15, -0.1) is 0 Å². The third-order valence-corrected chi connectivity index (χ3v) is 5.21. The smallest absolute Gasteiger partial charge is 0.407 e. The Balaban J connectivity index is 1.73. The molecule has 0 spiro atoms. The van der Waals surface area contributed by atoms with Crippen molar-refractivity contribution in [2.75, 3.05) is 26.2 Å². The van der Waals surface area contributed by atoms with Gasteiger partial charge >= 0.3 is 6.09 Å². The fraction of sp³-hybridized carbons (Fsp3) is 0.333. The first-order valence-electron chi connectivity index (χ1n) is 8.40. The minimum absolute atomic E-state index is 0.198. The molecule has 2 N–H and O–H groups in total. The molecule has 9 heteroatoms. The molecule has 2 aromatic rings. The SMILES string of the molecule is O=C(O)N1CCN(Cc2ccn(Cc3cc(Cl)ccc3Cl)c(=O)c2O)CC1. The fourth-order valence-corrected chi connectivity index (χ4v) is 3.41. The highest BCUT2D eigenvalue weighted by atomic mass is 35.5. The number of aromatic hydroxyl groups is 1. The van der Waals surface area contributed by atoms with Crippen molar-refractivity contribution in [1.29, 1.82) is 0 Å². The molecule has 0 unspecified atom stereocenters. The summed E-state index contributed by atoms with van der Waals surface area (Å²) in [6.45, 7) is 2.48. The van der Waals surface area contributed by atoms with Crippen LogP contribution in [0, 0.1) is 0 Å². The molecule has 3 rings (SSSR count). The van der Waals surface area contributed by atoms with Gasteiger partial charge in [-0.05, 0) is 29.8 Å². The summed E-state index contributed by atoms with van der Waals surface area (Å²) in [6.07, 6.45) is 0.682. The van der Waals surface area contributed by atoms with Crippen molar-refractivity contribution in [2.45, 2.75) is 13.1 Å². The number of hydrogen-bond acceptors (Lipinski definition) is 4. The zero-order valence-corrected chi connectivity index (χ0v) is 15.9. The molecular formula is C18H19Cl2N3O4. The number of benzene rings is 1. The largest absolute Gasteiger partial charge is 0.503 e. The minimum Gasteiger partial charge on any atom is -0.503 e. The van der Waals surface area contributed by atoms with Crippen LogP contribution in [-0.4, -0.2) is 56.9 Å². The van der Waals surface area contributed by atoms with Crippen molar-refractivity contribution in [1.82, 2.24) is 14.4 Å². The molecule has 1 fully saturated rings. The molecule has 7 nitrogen and oxygen atoms in total. The molecule has 0 bridgehead atoms. The van der Waals surface area contributed by atoms with E-state index in [0.29, 0.717) is 53.9 Å². The standard InChI is InChI=1S/C18H19Cl2N3O4/c19-14-1-2-15(20)13(9-14)11-23-4-3-12(16(24)17(23)25)10-21-5-7-22(8-6-21)18(26)27/h1-4,9,24H,5-8,10-11H2,(H,26,27). The Kier molecular flexibility index (Phi) is 5.94. The number of carboxylic acid groups (broad SMARTS) is 1. The highest BCUT2D eigenvalue weighted by Crippen LogP contribution is 2.22. The first kappa shape index (κ1) is 19.5. The maximum absolute atomic E-state index is 12.5. The summed E-state index contributed by atoms with van der Waals surface area (Å²) in [5.41, 5.74) is 0.688. The van der Waals surface area contributed by atoms with Gasteiger partial charge in [0.1, 0.15) is 0 Å². The van der Waals surface area contributed by atoms with Crippen LogP contribution in [0.1, 0.15) is 11.1 Å². The summed E-state index contributed by atoms with van der Waals surface area (Å²) in [5.74, 6) is -0.309. The molecule has 1 aliphatic heterocycles. The number of pyridine rings is 1. The highest BCUT2D eigenvalue weighted by Gasteiger charge is 2.21. The van der Waals surface area contributed by atoms with Gasteiger partial charge in [0.25, 0.3) is 5.56 Å². The highest BCUT2D eigenvalue weighted by molar-refractivity contribution is 6.33. The fourth-order valence-electron chi connectivity index (χ4n) is 3.04. The number of amides is 1. The number of halogens is 2. The van der Waals surface area contributed by atoms with Gasteiger partial charge in [-0.25, -0.2) is 4.79 Å². The van der Waals surface area contributed by atoms with Gasteiger partial charge in [-0.1, -0.05) is 23.2 Å². The number of aromatic nitrogens is 1. The third-order valence-electron chi connectivity index (χ3n) is 4.61. The van der Waals surface area contributed by atoms with Crippen molar-refractivity contribution >= 4 is 29.3 Å². The summed E-state index contributed by atoms with van der Waals surface area (Å²) < 4.78 is 1.37. The van der Waals surface area contributed by atoms with Gasteiger partial charge in [-0.3, -0.25) is 9.69 Å². The maximum atomic E-state index is 12.5. The van der Waals surface area contributed by atoms with Crippen LogP contribution in [0.3, 0.4) is 0 Å². The Hall–Kier alpha value is -2.22. The minimum atomic E-state index is -0.931. The van der Waals surface area contributed by atoms with Crippen LogP contribution < -0.4 is 5.56 Å². The molecule has 1 aromatic carbocycles. The number of piperazine rings is 1. The van der Waals surface area contributed by atoms with E-state index in [9.17, 15) is 14.7 Å². The van der Waals surface area contributed by atoms with E-state index in [1.807, 2.05) is 4.90 Å². The average Bonchev–Trinajstić information content (AvgIpc) is 2.64. The Morgan fingerprint density at radius 2 is 1.74 bits per heavy atom. The lowest BCUT2D eigenvalue weighted by Crippen LogP contribution is -2.47. The predicted molar refractivity (Wildman–Crippen MR) is 103 cm³/mol. The van der Waals surface area contributed by atoms with Crippen molar-refractivity contribution in [3.63, 3.8) is 0 Å². The summed E-state index contributed by atoms with van der Waals surface area (Å²) >= 11 is 12.1. The topological polar surface area (TPSA) is 86.0 Å². The number of rotatable bonds is 4. The van der Waals surface area contributed by atoms with Gasteiger partial charge < -0.3 is 19.7 Å². The molecule has 0 aliphatic carbocycles. The van der Waals surface area contributed by atoms with Gasteiger partial charge in [0.05, 0.1) is 6.54 Å². The second-order valence-electron chi connectivity index (χ2n) is 6.40.